The fourth-order valence-corrected chi connectivity index (χ4v) is 5.15. The second-order valence-corrected chi connectivity index (χ2v) is 9.30. The minimum atomic E-state index is -3.84. The van der Waals surface area contributed by atoms with Gasteiger partial charge >= 0.3 is 0 Å². The molecule has 1 aromatic heterocycles. The van der Waals surface area contributed by atoms with Crippen LogP contribution in [0.2, 0.25) is 0 Å². The van der Waals surface area contributed by atoms with Crippen LogP contribution < -0.4 is 10.1 Å². The third kappa shape index (κ3) is 4.82. The van der Waals surface area contributed by atoms with Gasteiger partial charge in [-0.15, -0.1) is 0 Å². The molecule has 30 heavy (non-hydrogen) atoms. The molecule has 2 aromatic rings. The largest absolute Gasteiger partial charge is 0.487 e. The molecular weight excluding hydrogens is 402 g/mol. The SMILES string of the molecule is CNC[C@H]1Oc2cc(C#Cc3ccncc3)ccc2S(=O)(=O)N([C@H](C)CO)C[C@@H]1C. The van der Waals surface area contributed by atoms with Crippen molar-refractivity contribution >= 4 is 10.0 Å². The lowest BCUT2D eigenvalue weighted by molar-refractivity contribution is 0.103. The molecule has 2 heterocycles. The Kier molecular flexibility index (Phi) is 7.10. The minimum Gasteiger partial charge on any atom is -0.487 e. The molecule has 0 fully saturated rings. The van der Waals surface area contributed by atoms with Crippen LogP contribution in [0.3, 0.4) is 0 Å². The number of aromatic nitrogens is 1. The van der Waals surface area contributed by atoms with Crippen molar-refractivity contribution in [2.45, 2.75) is 30.9 Å². The fraction of sp³-hybridized carbons (Fsp3) is 0.409. The average molecular weight is 430 g/mol. The molecule has 0 spiro atoms. The summed E-state index contributed by atoms with van der Waals surface area (Å²) in [5.41, 5.74) is 1.47. The van der Waals surface area contributed by atoms with Crippen LogP contribution >= 0.6 is 0 Å². The molecule has 0 radical (unpaired) electrons. The lowest BCUT2D eigenvalue weighted by atomic mass is 10.0. The van der Waals surface area contributed by atoms with Crippen LogP contribution in [-0.2, 0) is 10.0 Å². The monoisotopic (exact) mass is 429 g/mol. The lowest BCUT2D eigenvalue weighted by Gasteiger charge is -2.36. The molecular formula is C22H27N3O4S. The third-order valence-electron chi connectivity index (χ3n) is 5.10. The van der Waals surface area contributed by atoms with Crippen LogP contribution in [-0.4, -0.2) is 61.7 Å². The zero-order valence-electron chi connectivity index (χ0n) is 17.4. The van der Waals surface area contributed by atoms with Gasteiger partial charge in [-0.1, -0.05) is 18.8 Å². The smallest absolute Gasteiger partial charge is 0.247 e. The number of pyridine rings is 1. The Bertz CT molecular complexity index is 1030. The molecule has 7 nitrogen and oxygen atoms in total. The van der Waals surface area contributed by atoms with E-state index >= 15 is 0 Å². The number of rotatable bonds is 4. The Labute approximate surface area is 178 Å². The highest BCUT2D eigenvalue weighted by molar-refractivity contribution is 7.89. The van der Waals surface area contributed by atoms with Crippen LogP contribution in [0.4, 0.5) is 0 Å². The van der Waals surface area contributed by atoms with Gasteiger partial charge in [-0.3, -0.25) is 4.98 Å². The normalized spacial score (nSPS) is 21.9. The van der Waals surface area contributed by atoms with Crippen molar-refractivity contribution in [2.75, 3.05) is 26.7 Å². The van der Waals surface area contributed by atoms with Crippen LogP contribution in [0, 0.1) is 17.8 Å². The number of hydrogen-bond donors (Lipinski definition) is 2. The Hall–Kier alpha value is -2.44. The van der Waals surface area contributed by atoms with E-state index in [1.807, 2.05) is 14.0 Å². The molecule has 0 aliphatic carbocycles. The molecule has 160 valence electrons. The van der Waals surface area contributed by atoms with E-state index in [-0.39, 0.29) is 35.8 Å². The summed E-state index contributed by atoms with van der Waals surface area (Å²) in [7, 11) is -2.01. The van der Waals surface area contributed by atoms with E-state index < -0.39 is 16.1 Å². The van der Waals surface area contributed by atoms with Gasteiger partial charge in [0.15, 0.2) is 0 Å². The van der Waals surface area contributed by atoms with Gasteiger partial charge in [-0.05, 0) is 44.3 Å². The zero-order valence-corrected chi connectivity index (χ0v) is 18.2. The number of fused-ring (bicyclic) bond motifs is 1. The molecule has 3 atom stereocenters. The summed E-state index contributed by atoms with van der Waals surface area (Å²) < 4.78 is 34.2. The molecule has 8 heteroatoms. The molecule has 2 N–H and O–H groups in total. The standard InChI is InChI=1S/C22H27N3O4S/c1-16-14-25(17(2)15-26)30(27,28)22-7-6-19(5-4-18-8-10-24-11-9-18)12-20(22)29-21(16)13-23-3/h6-12,16-17,21,23,26H,13-15H2,1-3H3/t16-,17+,21+/m0/s1. The van der Waals surface area contributed by atoms with Gasteiger partial charge in [0.2, 0.25) is 10.0 Å². The predicted octanol–water partition coefficient (Wildman–Crippen LogP) is 1.47. The number of ether oxygens (including phenoxy) is 1. The van der Waals surface area contributed by atoms with E-state index in [0.717, 1.165) is 5.56 Å². The van der Waals surface area contributed by atoms with E-state index in [1.54, 1.807) is 43.6 Å². The average Bonchev–Trinajstić information content (AvgIpc) is 2.75. The first-order chi connectivity index (χ1) is 14.4. The quantitative estimate of drug-likeness (QED) is 0.716. The summed E-state index contributed by atoms with van der Waals surface area (Å²) in [5, 5.41) is 12.7. The number of benzene rings is 1. The number of nitrogens with one attached hydrogen (secondary N) is 1. The molecule has 0 bridgehead atoms. The van der Waals surface area contributed by atoms with Gasteiger partial charge < -0.3 is 15.2 Å². The van der Waals surface area contributed by atoms with Crippen molar-refractivity contribution in [1.82, 2.24) is 14.6 Å². The number of nitrogens with zero attached hydrogens (tertiary/aromatic N) is 2. The second kappa shape index (κ2) is 9.58. The topological polar surface area (TPSA) is 91.8 Å². The molecule has 1 aromatic carbocycles. The minimum absolute atomic E-state index is 0.0825. The lowest BCUT2D eigenvalue weighted by Crippen LogP contribution is -2.49. The molecule has 0 amide bonds. The maximum atomic E-state index is 13.4. The molecule has 0 saturated carbocycles. The van der Waals surface area contributed by atoms with E-state index in [4.69, 9.17) is 4.74 Å². The summed E-state index contributed by atoms with van der Waals surface area (Å²) in [5.74, 6) is 6.30. The Morgan fingerprint density at radius 1 is 1.27 bits per heavy atom. The maximum Gasteiger partial charge on any atom is 0.247 e. The van der Waals surface area contributed by atoms with Crippen molar-refractivity contribution in [3.05, 3.63) is 53.9 Å². The molecule has 0 saturated heterocycles. The first-order valence-electron chi connectivity index (χ1n) is 9.87. The van der Waals surface area contributed by atoms with Gasteiger partial charge in [0.05, 0.1) is 6.61 Å². The Morgan fingerprint density at radius 2 is 1.97 bits per heavy atom. The van der Waals surface area contributed by atoms with Crippen molar-refractivity contribution in [3.8, 4) is 17.6 Å². The van der Waals surface area contributed by atoms with Crippen molar-refractivity contribution in [3.63, 3.8) is 0 Å². The zero-order chi connectivity index (χ0) is 21.7. The second-order valence-electron chi connectivity index (χ2n) is 7.44. The van der Waals surface area contributed by atoms with Crippen LogP contribution in [0.25, 0.3) is 0 Å². The number of sulfonamides is 1. The summed E-state index contributed by atoms with van der Waals surface area (Å²) >= 11 is 0. The highest BCUT2D eigenvalue weighted by atomic mass is 32.2. The van der Waals surface area contributed by atoms with Crippen LogP contribution in [0.1, 0.15) is 25.0 Å². The highest BCUT2D eigenvalue weighted by Gasteiger charge is 2.37. The Morgan fingerprint density at radius 3 is 2.63 bits per heavy atom. The van der Waals surface area contributed by atoms with E-state index in [9.17, 15) is 13.5 Å². The van der Waals surface area contributed by atoms with Gasteiger partial charge in [0.1, 0.15) is 16.7 Å². The highest BCUT2D eigenvalue weighted by Crippen LogP contribution is 2.33. The number of aliphatic hydroxyl groups is 1. The van der Waals surface area contributed by atoms with Crippen molar-refractivity contribution in [2.24, 2.45) is 5.92 Å². The van der Waals surface area contributed by atoms with E-state index in [2.05, 4.69) is 22.1 Å². The molecule has 0 unspecified atom stereocenters. The van der Waals surface area contributed by atoms with Gasteiger partial charge in [0.25, 0.3) is 0 Å². The summed E-state index contributed by atoms with van der Waals surface area (Å²) in [6.45, 7) is 4.23. The summed E-state index contributed by atoms with van der Waals surface area (Å²) in [4.78, 5) is 4.06. The van der Waals surface area contributed by atoms with Crippen molar-refractivity contribution in [1.29, 1.82) is 0 Å². The number of hydrogen-bond acceptors (Lipinski definition) is 6. The summed E-state index contributed by atoms with van der Waals surface area (Å²) in [6.07, 6.45) is 3.10. The first-order valence-corrected chi connectivity index (χ1v) is 11.3. The van der Waals surface area contributed by atoms with Gasteiger partial charge in [0, 0.05) is 48.6 Å². The third-order valence-corrected chi connectivity index (χ3v) is 7.12. The van der Waals surface area contributed by atoms with Gasteiger partial charge in [-0.25, -0.2) is 8.42 Å². The maximum absolute atomic E-state index is 13.4. The van der Waals surface area contributed by atoms with Gasteiger partial charge in [-0.2, -0.15) is 4.31 Å². The first kappa shape index (κ1) is 22.2. The van der Waals surface area contributed by atoms with E-state index in [1.165, 1.54) is 10.4 Å². The van der Waals surface area contributed by atoms with Crippen LogP contribution in [0.5, 0.6) is 5.75 Å². The Balaban J connectivity index is 2.07. The predicted molar refractivity (Wildman–Crippen MR) is 115 cm³/mol. The number of likely N-dealkylation sites (N-methyl/N-ethyl adjacent to an activating group) is 1. The fourth-order valence-electron chi connectivity index (χ4n) is 3.33. The van der Waals surface area contributed by atoms with E-state index in [0.29, 0.717) is 12.1 Å². The van der Waals surface area contributed by atoms with Crippen LogP contribution in [0.15, 0.2) is 47.6 Å². The summed E-state index contributed by atoms with van der Waals surface area (Å²) in [6, 6.07) is 7.95. The van der Waals surface area contributed by atoms with Crippen molar-refractivity contribution < 1.29 is 18.3 Å². The molecule has 1 aliphatic heterocycles. The molecule has 3 rings (SSSR count). The number of aliphatic hydroxyl groups excluding tert-OH is 1. The molecule has 1 aliphatic rings.